The molecule has 3 aliphatic heterocycles. The van der Waals surface area contributed by atoms with Gasteiger partial charge in [0.15, 0.2) is 5.78 Å². The molecule has 1 spiro atoms. The second-order valence-corrected chi connectivity index (χ2v) is 11.5. The van der Waals surface area contributed by atoms with Gasteiger partial charge in [-0.1, -0.05) is 62.4 Å². The smallest absolute Gasteiger partial charge is 0.306 e. The molecule has 1 amide bonds. The number of epoxide rings is 1. The van der Waals surface area contributed by atoms with Crippen molar-refractivity contribution >= 4 is 17.7 Å². The van der Waals surface area contributed by atoms with E-state index in [-0.39, 0.29) is 54.4 Å². The van der Waals surface area contributed by atoms with Gasteiger partial charge in [-0.2, -0.15) is 0 Å². The Morgan fingerprint density at radius 1 is 1.14 bits per heavy atom. The van der Waals surface area contributed by atoms with Crippen molar-refractivity contribution in [1.82, 2.24) is 5.32 Å². The average Bonchev–Trinajstić information content (AvgIpc) is 3.48. The number of fused-ring (bicyclic) bond motifs is 2. The summed E-state index contributed by atoms with van der Waals surface area (Å²) in [5.41, 5.74) is -0.245. The number of rotatable bonds is 2. The molecule has 1 aliphatic carbocycles. The molecule has 7 nitrogen and oxygen atoms in total. The quantitative estimate of drug-likeness (QED) is 0.362. The van der Waals surface area contributed by atoms with Crippen molar-refractivity contribution in [2.75, 3.05) is 0 Å². The van der Waals surface area contributed by atoms with Gasteiger partial charge in [0.1, 0.15) is 6.10 Å². The molecule has 9 unspecified atom stereocenters. The van der Waals surface area contributed by atoms with E-state index in [0.717, 1.165) is 5.56 Å². The van der Waals surface area contributed by atoms with E-state index in [9.17, 15) is 19.5 Å². The third-order valence-corrected chi connectivity index (χ3v) is 9.03. The van der Waals surface area contributed by atoms with E-state index in [2.05, 4.69) is 19.2 Å². The number of carbonyl (C=O) groups excluding carboxylic acids is 3. The highest BCUT2D eigenvalue weighted by molar-refractivity contribution is 5.98. The van der Waals surface area contributed by atoms with Crippen LogP contribution in [-0.2, 0) is 30.3 Å². The Labute approximate surface area is 218 Å². The number of ketones is 1. The Hall–Kier alpha value is -2.77. The number of aliphatic hydroxyl groups excluding tert-OH is 1. The molecule has 198 valence electrons. The highest BCUT2D eigenvalue weighted by Crippen LogP contribution is 2.63. The number of benzene rings is 1. The number of hydrogen-bond acceptors (Lipinski definition) is 6. The zero-order valence-corrected chi connectivity index (χ0v) is 22.0. The Morgan fingerprint density at radius 3 is 2.59 bits per heavy atom. The third kappa shape index (κ3) is 4.36. The second kappa shape index (κ2) is 9.52. The van der Waals surface area contributed by atoms with Crippen molar-refractivity contribution in [3.05, 3.63) is 59.7 Å². The molecule has 7 heteroatoms. The van der Waals surface area contributed by atoms with E-state index in [1.54, 1.807) is 6.92 Å². The van der Waals surface area contributed by atoms with Crippen molar-refractivity contribution in [1.29, 1.82) is 0 Å². The Morgan fingerprint density at radius 2 is 1.86 bits per heavy atom. The molecule has 5 rings (SSSR count). The van der Waals surface area contributed by atoms with Crippen LogP contribution in [0.4, 0.5) is 0 Å². The van der Waals surface area contributed by atoms with E-state index in [1.165, 1.54) is 0 Å². The fourth-order valence-corrected chi connectivity index (χ4v) is 6.91. The summed E-state index contributed by atoms with van der Waals surface area (Å²) in [7, 11) is 0. The maximum Gasteiger partial charge on any atom is 0.306 e. The number of amides is 1. The van der Waals surface area contributed by atoms with Crippen molar-refractivity contribution in [3.8, 4) is 0 Å². The van der Waals surface area contributed by atoms with Crippen LogP contribution in [0.5, 0.6) is 0 Å². The summed E-state index contributed by atoms with van der Waals surface area (Å²) >= 11 is 0. The van der Waals surface area contributed by atoms with E-state index >= 15 is 0 Å². The molecule has 3 fully saturated rings. The predicted molar refractivity (Wildman–Crippen MR) is 137 cm³/mol. The minimum Gasteiger partial charge on any atom is -0.448 e. The zero-order valence-electron chi connectivity index (χ0n) is 22.0. The molecule has 1 aromatic carbocycles. The zero-order chi connectivity index (χ0) is 26.5. The highest BCUT2D eigenvalue weighted by Gasteiger charge is 2.78. The van der Waals surface area contributed by atoms with Crippen LogP contribution in [-0.4, -0.2) is 52.2 Å². The fourth-order valence-electron chi connectivity index (χ4n) is 6.91. The lowest BCUT2D eigenvalue weighted by Gasteiger charge is -2.46. The van der Waals surface area contributed by atoms with Gasteiger partial charge < -0.3 is 19.9 Å². The van der Waals surface area contributed by atoms with E-state index < -0.39 is 29.2 Å². The SMILES string of the molecule is CC1=CC(C)CC=CC2C3OC3(C)C(C)C3C(Cc4ccccc4)NC(=O)C23OC(=O)CCC(O)C1=O. The summed E-state index contributed by atoms with van der Waals surface area (Å²) in [6.45, 7) is 7.88. The first-order valence-corrected chi connectivity index (χ1v) is 13.4. The van der Waals surface area contributed by atoms with E-state index in [0.29, 0.717) is 18.4 Å². The number of ether oxygens (including phenoxy) is 2. The maximum atomic E-state index is 13.9. The normalized spacial score (nSPS) is 41.9. The summed E-state index contributed by atoms with van der Waals surface area (Å²) in [6, 6.07) is 9.76. The van der Waals surface area contributed by atoms with Crippen LogP contribution in [0.1, 0.15) is 52.5 Å². The van der Waals surface area contributed by atoms with Crippen LogP contribution in [0, 0.1) is 23.7 Å². The average molecular weight is 508 g/mol. The first kappa shape index (κ1) is 25.9. The van der Waals surface area contributed by atoms with Crippen molar-refractivity contribution in [2.24, 2.45) is 23.7 Å². The molecule has 1 aromatic rings. The first-order valence-electron chi connectivity index (χ1n) is 13.4. The van der Waals surface area contributed by atoms with Crippen LogP contribution in [0.25, 0.3) is 0 Å². The summed E-state index contributed by atoms with van der Waals surface area (Å²) in [5, 5.41) is 13.6. The van der Waals surface area contributed by atoms with Crippen molar-refractivity contribution in [3.63, 3.8) is 0 Å². The summed E-state index contributed by atoms with van der Waals surface area (Å²) in [6.07, 6.45) is 5.38. The largest absolute Gasteiger partial charge is 0.448 e. The molecule has 9 atom stereocenters. The maximum absolute atomic E-state index is 13.9. The lowest BCUT2D eigenvalue weighted by atomic mass is 9.59. The van der Waals surface area contributed by atoms with E-state index in [4.69, 9.17) is 9.47 Å². The number of hydrogen-bond donors (Lipinski definition) is 2. The van der Waals surface area contributed by atoms with Gasteiger partial charge in [0, 0.05) is 18.4 Å². The molecule has 0 radical (unpaired) electrons. The van der Waals surface area contributed by atoms with Crippen LogP contribution in [0.2, 0.25) is 0 Å². The number of nitrogens with one attached hydrogen (secondary N) is 1. The Balaban J connectivity index is 1.56. The van der Waals surface area contributed by atoms with Crippen LogP contribution >= 0.6 is 0 Å². The van der Waals surface area contributed by atoms with Gasteiger partial charge in [-0.15, -0.1) is 0 Å². The number of esters is 1. The van der Waals surface area contributed by atoms with Gasteiger partial charge in [0.2, 0.25) is 5.60 Å². The summed E-state index contributed by atoms with van der Waals surface area (Å²) in [4.78, 5) is 39.7. The number of carbonyl (C=O) groups is 3. The Kier molecular flexibility index (Phi) is 6.65. The van der Waals surface area contributed by atoms with Gasteiger partial charge in [0.05, 0.1) is 17.6 Å². The molecule has 37 heavy (non-hydrogen) atoms. The monoisotopic (exact) mass is 507 g/mol. The lowest BCUT2D eigenvalue weighted by Crippen LogP contribution is -2.61. The Bertz CT molecular complexity index is 1140. The molecule has 2 saturated heterocycles. The van der Waals surface area contributed by atoms with Crippen molar-refractivity contribution in [2.45, 2.75) is 82.8 Å². The highest BCUT2D eigenvalue weighted by atomic mass is 16.6. The van der Waals surface area contributed by atoms with Gasteiger partial charge in [0.25, 0.3) is 5.91 Å². The molecular formula is C30H37NO6. The molecule has 4 aliphatic rings. The summed E-state index contributed by atoms with van der Waals surface area (Å²) in [5.74, 6) is -1.99. The second-order valence-electron chi connectivity index (χ2n) is 11.5. The minimum absolute atomic E-state index is 0.0434. The van der Waals surface area contributed by atoms with E-state index in [1.807, 2.05) is 55.5 Å². The molecule has 2 N–H and O–H groups in total. The van der Waals surface area contributed by atoms with Gasteiger partial charge in [-0.25, -0.2) is 0 Å². The lowest BCUT2D eigenvalue weighted by molar-refractivity contribution is -0.182. The molecule has 0 aromatic heterocycles. The first-order chi connectivity index (χ1) is 17.6. The van der Waals surface area contributed by atoms with Crippen LogP contribution in [0.3, 0.4) is 0 Å². The van der Waals surface area contributed by atoms with Gasteiger partial charge >= 0.3 is 5.97 Å². The molecular weight excluding hydrogens is 470 g/mol. The topological polar surface area (TPSA) is 105 Å². The predicted octanol–water partition coefficient (Wildman–Crippen LogP) is 3.30. The number of Topliss-reactive ketones (excluding diaryl/α,β-unsaturated/α-hetero) is 1. The van der Waals surface area contributed by atoms with Gasteiger partial charge in [-0.05, 0) is 56.1 Å². The fraction of sp³-hybridized carbons (Fsp3) is 0.567. The van der Waals surface area contributed by atoms with Gasteiger partial charge in [-0.3, -0.25) is 14.4 Å². The molecule has 0 bridgehead atoms. The van der Waals surface area contributed by atoms with Crippen molar-refractivity contribution < 1.29 is 29.0 Å². The summed E-state index contributed by atoms with van der Waals surface area (Å²) < 4.78 is 12.5. The molecule has 3 heterocycles. The third-order valence-electron chi connectivity index (χ3n) is 9.03. The number of aliphatic hydroxyl groups is 1. The standard InChI is InChI=1S/C30H37NO6/c1-17-9-8-12-21-27-29(4,37-27)19(3)25-22(16-20-10-6-5-7-11-20)31-28(35)30(21,25)36-24(33)14-13-23(32)26(34)18(2)15-17/h5-8,10-12,15,17,19,21-23,25,27,32H,9,13-14,16H2,1-4H3,(H,31,35). The molecule has 1 saturated carbocycles. The van der Waals surface area contributed by atoms with Crippen LogP contribution < -0.4 is 5.32 Å². The minimum atomic E-state index is -1.42. The number of allylic oxidation sites excluding steroid dienone is 2. The van der Waals surface area contributed by atoms with Crippen LogP contribution in [0.15, 0.2) is 54.1 Å².